The summed E-state index contributed by atoms with van der Waals surface area (Å²) < 4.78 is 17.6. The number of fused-ring (bicyclic) bond motifs is 1. The number of carbonyl (C=O) groups excluding carboxylic acids is 1. The Kier molecular flexibility index (Phi) is 7.86. The second-order valence-electron chi connectivity index (χ2n) is 7.39. The van der Waals surface area contributed by atoms with Crippen LogP contribution in [0.15, 0.2) is 81.8 Å². The molecule has 0 atom stereocenters. The second-order valence-corrected chi connectivity index (χ2v) is 8.34. The molecule has 0 saturated heterocycles. The summed E-state index contributed by atoms with van der Waals surface area (Å²) in [5.41, 5.74) is 4.13. The summed E-state index contributed by atoms with van der Waals surface area (Å²) >= 11 is 1.15. The van der Waals surface area contributed by atoms with Crippen LogP contribution in [0.1, 0.15) is 5.56 Å². The Morgan fingerprint density at radius 2 is 1.69 bits per heavy atom. The summed E-state index contributed by atoms with van der Waals surface area (Å²) in [6, 6.07) is 19.8. The first-order valence-electron chi connectivity index (χ1n) is 10.9. The zero-order chi connectivity index (χ0) is 25.5. The monoisotopic (exact) mass is 504 g/mol. The summed E-state index contributed by atoms with van der Waals surface area (Å²) in [5, 5.41) is 4.95. The molecule has 0 aliphatic heterocycles. The van der Waals surface area contributed by atoms with E-state index < -0.39 is 0 Å². The van der Waals surface area contributed by atoms with Crippen molar-refractivity contribution in [2.24, 2.45) is 5.10 Å². The van der Waals surface area contributed by atoms with Gasteiger partial charge in [-0.25, -0.2) is 10.4 Å². The van der Waals surface area contributed by atoms with Crippen molar-refractivity contribution in [3.8, 4) is 22.9 Å². The van der Waals surface area contributed by atoms with Gasteiger partial charge in [-0.05, 0) is 36.4 Å². The molecule has 0 unspecified atom stereocenters. The minimum absolute atomic E-state index is 0.00196. The molecule has 184 valence electrons. The molecule has 1 amide bonds. The molecule has 36 heavy (non-hydrogen) atoms. The van der Waals surface area contributed by atoms with E-state index in [0.717, 1.165) is 11.8 Å². The van der Waals surface area contributed by atoms with Crippen LogP contribution in [-0.4, -0.2) is 48.8 Å². The number of hydrazone groups is 1. The van der Waals surface area contributed by atoms with E-state index in [1.54, 1.807) is 30.3 Å². The van der Waals surface area contributed by atoms with E-state index in [2.05, 4.69) is 15.5 Å². The molecule has 0 radical (unpaired) electrons. The van der Waals surface area contributed by atoms with E-state index >= 15 is 0 Å². The zero-order valence-electron chi connectivity index (χ0n) is 19.9. The minimum atomic E-state index is -0.363. The van der Waals surface area contributed by atoms with Gasteiger partial charge in [-0.3, -0.25) is 14.2 Å². The van der Waals surface area contributed by atoms with Crippen molar-refractivity contribution in [2.45, 2.75) is 5.16 Å². The summed E-state index contributed by atoms with van der Waals surface area (Å²) in [4.78, 5) is 30.4. The van der Waals surface area contributed by atoms with Gasteiger partial charge in [0.15, 0.2) is 16.7 Å². The Morgan fingerprint density at radius 1 is 0.972 bits per heavy atom. The summed E-state index contributed by atoms with van der Waals surface area (Å²) in [6.07, 6.45) is 1.46. The van der Waals surface area contributed by atoms with Gasteiger partial charge in [0.25, 0.3) is 11.5 Å². The summed E-state index contributed by atoms with van der Waals surface area (Å²) in [6.45, 7) is 0. The predicted molar refractivity (Wildman–Crippen MR) is 140 cm³/mol. The maximum atomic E-state index is 13.2. The third-order valence-electron chi connectivity index (χ3n) is 5.22. The number of benzene rings is 3. The van der Waals surface area contributed by atoms with Gasteiger partial charge in [-0.15, -0.1) is 0 Å². The van der Waals surface area contributed by atoms with Crippen LogP contribution in [0, 0.1) is 0 Å². The topological polar surface area (TPSA) is 104 Å². The number of amides is 1. The maximum absolute atomic E-state index is 13.2. The van der Waals surface area contributed by atoms with Crippen LogP contribution >= 0.6 is 11.8 Å². The number of hydrogen-bond acceptors (Lipinski definition) is 8. The molecule has 10 heteroatoms. The lowest BCUT2D eigenvalue weighted by Crippen LogP contribution is -2.24. The van der Waals surface area contributed by atoms with E-state index in [1.807, 2.05) is 36.4 Å². The van der Waals surface area contributed by atoms with Crippen molar-refractivity contribution in [3.05, 3.63) is 82.6 Å². The molecule has 0 fully saturated rings. The van der Waals surface area contributed by atoms with Crippen LogP contribution in [0.3, 0.4) is 0 Å². The Hall–Kier alpha value is -4.31. The average molecular weight is 505 g/mol. The van der Waals surface area contributed by atoms with Crippen LogP contribution in [0.2, 0.25) is 0 Å². The van der Waals surface area contributed by atoms with Crippen LogP contribution in [0.25, 0.3) is 16.6 Å². The van der Waals surface area contributed by atoms with Gasteiger partial charge in [0.2, 0.25) is 5.75 Å². The first-order valence-corrected chi connectivity index (χ1v) is 11.9. The van der Waals surface area contributed by atoms with E-state index in [9.17, 15) is 9.59 Å². The van der Waals surface area contributed by atoms with Crippen molar-refractivity contribution < 1.29 is 19.0 Å². The third kappa shape index (κ3) is 5.18. The van der Waals surface area contributed by atoms with Crippen molar-refractivity contribution in [2.75, 3.05) is 27.1 Å². The Bertz CT molecular complexity index is 1470. The Balaban J connectivity index is 1.53. The number of nitrogens with zero attached hydrogens (tertiary/aromatic N) is 3. The number of ether oxygens (including phenoxy) is 3. The van der Waals surface area contributed by atoms with Gasteiger partial charge in [0, 0.05) is 5.56 Å². The number of carbonyl (C=O) groups is 1. The lowest BCUT2D eigenvalue weighted by Gasteiger charge is -2.13. The fourth-order valence-corrected chi connectivity index (χ4v) is 4.38. The fourth-order valence-electron chi connectivity index (χ4n) is 3.58. The van der Waals surface area contributed by atoms with Crippen LogP contribution < -0.4 is 25.2 Å². The number of aromatic nitrogens is 2. The van der Waals surface area contributed by atoms with Gasteiger partial charge in [-0.2, -0.15) is 5.10 Å². The number of nitrogens with one attached hydrogen (secondary N) is 1. The number of thioether (sulfide) groups is 1. The van der Waals surface area contributed by atoms with Crippen LogP contribution in [0.5, 0.6) is 17.2 Å². The summed E-state index contributed by atoms with van der Waals surface area (Å²) in [5.74, 6) is 0.999. The lowest BCUT2D eigenvalue weighted by atomic mass is 10.2. The van der Waals surface area contributed by atoms with Crippen LogP contribution in [0.4, 0.5) is 0 Å². The molecule has 0 bridgehead atoms. The largest absolute Gasteiger partial charge is 0.493 e. The quantitative estimate of drug-likeness (QED) is 0.161. The third-order valence-corrected chi connectivity index (χ3v) is 6.16. The highest BCUT2D eigenvalue weighted by atomic mass is 32.2. The van der Waals surface area contributed by atoms with Crippen molar-refractivity contribution in [1.82, 2.24) is 15.0 Å². The molecule has 0 aliphatic carbocycles. The fraction of sp³-hybridized carbons (Fsp3) is 0.154. The minimum Gasteiger partial charge on any atom is -0.493 e. The standard InChI is InChI=1S/C26H24N4O5S/c1-33-21-14-13-17(23(34-2)24(21)35-3)15-27-29-22(31)16-36-26-28-20-12-8-7-11-19(20)25(32)30(26)18-9-5-4-6-10-18/h4-15H,16H2,1-3H3,(H,29,31)/b27-15-. The van der Waals surface area contributed by atoms with Crippen LogP contribution in [-0.2, 0) is 4.79 Å². The maximum Gasteiger partial charge on any atom is 0.266 e. The van der Waals surface area contributed by atoms with E-state index in [-0.39, 0.29) is 17.2 Å². The normalized spacial score (nSPS) is 11.0. The molecule has 4 aromatic rings. The highest BCUT2D eigenvalue weighted by molar-refractivity contribution is 7.99. The molecule has 1 heterocycles. The number of rotatable bonds is 9. The molecule has 4 rings (SSSR count). The molecule has 9 nitrogen and oxygen atoms in total. The highest BCUT2D eigenvalue weighted by Gasteiger charge is 2.16. The highest BCUT2D eigenvalue weighted by Crippen LogP contribution is 2.39. The molecule has 0 aliphatic rings. The van der Waals surface area contributed by atoms with Crippen molar-refractivity contribution in [3.63, 3.8) is 0 Å². The van der Waals surface area contributed by atoms with Crippen molar-refractivity contribution in [1.29, 1.82) is 0 Å². The molecule has 0 saturated carbocycles. The average Bonchev–Trinajstić information content (AvgIpc) is 2.92. The van der Waals surface area contributed by atoms with Gasteiger partial charge in [0.05, 0.1) is 49.9 Å². The molecule has 3 aromatic carbocycles. The molecule has 1 aromatic heterocycles. The molecule has 1 N–H and O–H groups in total. The lowest BCUT2D eigenvalue weighted by molar-refractivity contribution is -0.118. The van der Waals surface area contributed by atoms with Gasteiger partial charge >= 0.3 is 0 Å². The first-order chi connectivity index (χ1) is 17.6. The Labute approximate surface area is 211 Å². The SMILES string of the molecule is COc1ccc(/C=N\NC(=O)CSc2nc3ccccc3c(=O)n2-c2ccccc2)c(OC)c1OC. The van der Waals surface area contributed by atoms with E-state index in [1.165, 1.54) is 32.1 Å². The number of methoxy groups -OCH3 is 3. The first kappa shape index (κ1) is 24.8. The molecular formula is C26H24N4O5S. The van der Waals surface area contributed by atoms with Gasteiger partial charge in [0.1, 0.15) is 0 Å². The number of hydrogen-bond donors (Lipinski definition) is 1. The van der Waals surface area contributed by atoms with E-state index in [0.29, 0.717) is 44.6 Å². The predicted octanol–water partition coefficient (Wildman–Crippen LogP) is 3.65. The van der Waals surface area contributed by atoms with Crippen molar-refractivity contribution >= 4 is 34.8 Å². The summed E-state index contributed by atoms with van der Waals surface area (Å²) in [7, 11) is 4.55. The number of para-hydroxylation sites is 2. The zero-order valence-corrected chi connectivity index (χ0v) is 20.7. The van der Waals surface area contributed by atoms with Gasteiger partial charge < -0.3 is 14.2 Å². The Morgan fingerprint density at radius 3 is 2.42 bits per heavy atom. The van der Waals surface area contributed by atoms with Gasteiger partial charge in [-0.1, -0.05) is 42.1 Å². The molecular weight excluding hydrogens is 480 g/mol. The van der Waals surface area contributed by atoms with E-state index in [4.69, 9.17) is 14.2 Å². The smallest absolute Gasteiger partial charge is 0.266 e. The molecule has 0 spiro atoms. The second kappa shape index (κ2) is 11.4.